The zero-order valence-electron chi connectivity index (χ0n) is 13.1. The molecule has 0 spiro atoms. The van der Waals surface area contributed by atoms with Crippen molar-refractivity contribution in [3.63, 3.8) is 0 Å². The van der Waals surface area contributed by atoms with Crippen LogP contribution in [0.3, 0.4) is 0 Å². The number of piperidine rings is 2. The van der Waals surface area contributed by atoms with Gasteiger partial charge >= 0.3 is 6.03 Å². The maximum Gasteiger partial charge on any atom is 0.317 e. The second-order valence-electron chi connectivity index (χ2n) is 6.56. The number of hydrogen-bond donors (Lipinski definition) is 1. The van der Waals surface area contributed by atoms with Gasteiger partial charge in [-0.15, -0.1) is 0 Å². The minimum Gasteiger partial charge on any atom is -0.357 e. The van der Waals surface area contributed by atoms with Crippen molar-refractivity contribution in [2.24, 2.45) is 13.0 Å². The van der Waals surface area contributed by atoms with Crippen molar-refractivity contribution in [1.82, 2.24) is 19.7 Å². The van der Waals surface area contributed by atoms with Gasteiger partial charge in [0.1, 0.15) is 0 Å². The van der Waals surface area contributed by atoms with E-state index in [4.69, 9.17) is 0 Å². The molecule has 2 fully saturated rings. The molecule has 1 aromatic heterocycles. The van der Waals surface area contributed by atoms with Gasteiger partial charge in [0.25, 0.3) is 0 Å². The Balaban J connectivity index is 1.58. The number of aromatic nitrogens is 1. The maximum atomic E-state index is 12.5. The van der Waals surface area contributed by atoms with Crippen LogP contribution < -0.4 is 5.32 Å². The molecule has 2 amide bonds. The Morgan fingerprint density at radius 1 is 1.33 bits per heavy atom. The number of amides is 2. The highest BCUT2D eigenvalue weighted by Gasteiger charge is 2.37. The van der Waals surface area contributed by atoms with Crippen molar-refractivity contribution in [2.45, 2.75) is 31.8 Å². The lowest BCUT2D eigenvalue weighted by atomic mass is 9.84. The summed E-state index contributed by atoms with van der Waals surface area (Å²) < 4.78 is 2.01. The fraction of sp³-hybridized carbons (Fsp3) is 0.688. The monoisotopic (exact) mass is 290 g/mol. The van der Waals surface area contributed by atoms with Gasteiger partial charge in [-0.1, -0.05) is 0 Å². The Labute approximate surface area is 126 Å². The first-order valence-corrected chi connectivity index (χ1v) is 7.97. The van der Waals surface area contributed by atoms with Gasteiger partial charge < -0.3 is 19.7 Å². The third kappa shape index (κ3) is 3.23. The SMILES string of the molecule is CN1CC[C@@H]2[C@H](CCCN2C(=O)NCc2ccn(C)c2)C1. The molecular formula is C16H26N4O. The molecule has 21 heavy (non-hydrogen) atoms. The summed E-state index contributed by atoms with van der Waals surface area (Å²) in [5, 5.41) is 3.09. The second-order valence-corrected chi connectivity index (χ2v) is 6.56. The molecule has 2 atom stereocenters. The summed E-state index contributed by atoms with van der Waals surface area (Å²) in [5.41, 5.74) is 1.16. The molecule has 116 valence electrons. The van der Waals surface area contributed by atoms with E-state index in [0.29, 0.717) is 18.5 Å². The summed E-state index contributed by atoms with van der Waals surface area (Å²) in [5.74, 6) is 0.653. The molecule has 3 heterocycles. The van der Waals surface area contributed by atoms with Gasteiger partial charge in [0.05, 0.1) is 0 Å². The number of nitrogens with one attached hydrogen (secondary N) is 1. The van der Waals surface area contributed by atoms with Crippen LogP contribution in [0.15, 0.2) is 18.5 Å². The number of nitrogens with zero attached hydrogens (tertiary/aromatic N) is 3. The van der Waals surface area contributed by atoms with Crippen molar-refractivity contribution >= 4 is 6.03 Å². The van der Waals surface area contributed by atoms with Gasteiger partial charge in [-0.25, -0.2) is 4.79 Å². The van der Waals surface area contributed by atoms with Crippen molar-refractivity contribution in [2.75, 3.05) is 26.7 Å². The van der Waals surface area contributed by atoms with Crippen molar-refractivity contribution < 1.29 is 4.79 Å². The lowest BCUT2D eigenvalue weighted by molar-refractivity contribution is 0.0532. The second kappa shape index (κ2) is 6.10. The Bertz CT molecular complexity index is 498. The Morgan fingerprint density at radius 2 is 2.19 bits per heavy atom. The third-order valence-electron chi connectivity index (χ3n) is 4.87. The molecule has 1 aromatic rings. The minimum atomic E-state index is 0.109. The van der Waals surface area contributed by atoms with Crippen molar-refractivity contribution in [1.29, 1.82) is 0 Å². The average molecular weight is 290 g/mol. The van der Waals surface area contributed by atoms with Gasteiger partial charge in [0.2, 0.25) is 0 Å². The van der Waals surface area contributed by atoms with Crippen LogP contribution in [0, 0.1) is 5.92 Å². The summed E-state index contributed by atoms with van der Waals surface area (Å²) >= 11 is 0. The van der Waals surface area contributed by atoms with E-state index in [0.717, 1.165) is 38.0 Å². The number of likely N-dealkylation sites (tertiary alicyclic amines) is 2. The number of carbonyl (C=O) groups is 1. The molecule has 0 saturated carbocycles. The molecule has 5 nitrogen and oxygen atoms in total. The molecular weight excluding hydrogens is 264 g/mol. The molecule has 2 aliphatic heterocycles. The standard InChI is InChI=1S/C16H26N4O/c1-18-8-5-13(11-18)10-17-16(21)20-7-3-4-14-12-19(2)9-6-15(14)20/h5,8,11,14-15H,3-4,6-7,9-10,12H2,1-2H3,(H,17,21)/t14-,15-/m1/s1. The lowest BCUT2D eigenvalue weighted by Gasteiger charge is -2.46. The Morgan fingerprint density at radius 3 is 2.95 bits per heavy atom. The lowest BCUT2D eigenvalue weighted by Crippen LogP contribution is -2.57. The predicted molar refractivity (Wildman–Crippen MR) is 83.0 cm³/mol. The van der Waals surface area contributed by atoms with Crippen LogP contribution in [-0.4, -0.2) is 53.1 Å². The van der Waals surface area contributed by atoms with Crippen molar-refractivity contribution in [3.05, 3.63) is 24.0 Å². The van der Waals surface area contributed by atoms with Gasteiger partial charge in [-0.05, 0) is 50.4 Å². The number of carbonyl (C=O) groups excluding carboxylic acids is 1. The van der Waals surface area contributed by atoms with E-state index in [1.807, 2.05) is 17.8 Å². The third-order valence-corrected chi connectivity index (χ3v) is 4.87. The molecule has 0 aliphatic carbocycles. The first-order valence-electron chi connectivity index (χ1n) is 7.97. The fourth-order valence-electron chi connectivity index (χ4n) is 3.78. The van der Waals surface area contributed by atoms with E-state index in [-0.39, 0.29) is 6.03 Å². The van der Waals surface area contributed by atoms with Gasteiger partial charge in [0, 0.05) is 45.1 Å². The van der Waals surface area contributed by atoms with Gasteiger partial charge in [-0.3, -0.25) is 0 Å². The number of hydrogen-bond acceptors (Lipinski definition) is 2. The van der Waals surface area contributed by atoms with E-state index in [1.54, 1.807) is 0 Å². The van der Waals surface area contributed by atoms with Crippen LogP contribution in [0.1, 0.15) is 24.8 Å². The normalized spacial score (nSPS) is 26.5. The molecule has 1 N–H and O–H groups in total. The van der Waals surface area contributed by atoms with Crippen LogP contribution in [0.4, 0.5) is 4.79 Å². The average Bonchev–Trinajstić information content (AvgIpc) is 2.89. The summed E-state index contributed by atoms with van der Waals surface area (Å²) in [7, 11) is 4.18. The largest absolute Gasteiger partial charge is 0.357 e. The maximum absolute atomic E-state index is 12.5. The number of urea groups is 1. The molecule has 0 bridgehead atoms. The zero-order valence-corrected chi connectivity index (χ0v) is 13.1. The highest BCUT2D eigenvalue weighted by molar-refractivity contribution is 5.74. The van der Waals surface area contributed by atoms with Crippen LogP contribution in [0.5, 0.6) is 0 Å². The van der Waals surface area contributed by atoms with E-state index >= 15 is 0 Å². The highest BCUT2D eigenvalue weighted by atomic mass is 16.2. The van der Waals surface area contributed by atoms with Crippen LogP contribution in [-0.2, 0) is 13.6 Å². The van der Waals surface area contributed by atoms with E-state index in [1.165, 1.54) is 6.42 Å². The van der Waals surface area contributed by atoms with Crippen molar-refractivity contribution in [3.8, 4) is 0 Å². The first-order chi connectivity index (χ1) is 10.1. The Hall–Kier alpha value is -1.49. The fourth-order valence-corrected chi connectivity index (χ4v) is 3.78. The topological polar surface area (TPSA) is 40.5 Å². The predicted octanol–water partition coefficient (Wildman–Crippen LogP) is 1.65. The quantitative estimate of drug-likeness (QED) is 0.900. The number of fused-ring (bicyclic) bond motifs is 1. The first kappa shape index (κ1) is 14.4. The van der Waals surface area contributed by atoms with Crippen LogP contribution >= 0.6 is 0 Å². The molecule has 5 heteroatoms. The number of aryl methyl sites for hydroxylation is 1. The molecule has 0 radical (unpaired) electrons. The summed E-state index contributed by atoms with van der Waals surface area (Å²) in [6, 6.07) is 2.60. The summed E-state index contributed by atoms with van der Waals surface area (Å²) in [6.45, 7) is 3.76. The molecule has 2 aliphatic rings. The van der Waals surface area contributed by atoms with E-state index in [9.17, 15) is 4.79 Å². The summed E-state index contributed by atoms with van der Waals surface area (Å²) in [4.78, 5) is 17.0. The van der Waals surface area contributed by atoms with E-state index in [2.05, 4.69) is 34.4 Å². The number of rotatable bonds is 2. The zero-order chi connectivity index (χ0) is 14.8. The Kier molecular flexibility index (Phi) is 4.19. The van der Waals surface area contributed by atoms with E-state index < -0.39 is 0 Å². The van der Waals surface area contributed by atoms with Gasteiger partial charge in [-0.2, -0.15) is 0 Å². The van der Waals surface area contributed by atoms with Gasteiger partial charge in [0.15, 0.2) is 0 Å². The molecule has 3 rings (SSSR count). The van der Waals surface area contributed by atoms with Crippen LogP contribution in [0.2, 0.25) is 0 Å². The molecule has 0 aromatic carbocycles. The molecule has 2 saturated heterocycles. The van der Waals surface area contributed by atoms with Crippen LogP contribution in [0.25, 0.3) is 0 Å². The highest BCUT2D eigenvalue weighted by Crippen LogP contribution is 2.30. The molecule has 0 unspecified atom stereocenters. The summed E-state index contributed by atoms with van der Waals surface area (Å²) in [6.07, 6.45) is 7.56. The minimum absolute atomic E-state index is 0.109. The smallest absolute Gasteiger partial charge is 0.317 e.